The van der Waals surface area contributed by atoms with E-state index >= 15 is 0 Å². The van der Waals surface area contributed by atoms with Crippen LogP contribution in [0.5, 0.6) is 0 Å². The van der Waals surface area contributed by atoms with Gasteiger partial charge >= 0.3 is 12.1 Å². The van der Waals surface area contributed by atoms with Gasteiger partial charge in [0, 0.05) is 30.6 Å². The van der Waals surface area contributed by atoms with Crippen molar-refractivity contribution in [3.8, 4) is 0 Å². The van der Waals surface area contributed by atoms with Crippen LogP contribution < -0.4 is 0 Å². The number of carbonyl (C=O) groups is 3. The van der Waals surface area contributed by atoms with Crippen molar-refractivity contribution in [1.29, 1.82) is 0 Å². The first kappa shape index (κ1) is 23.4. The lowest BCUT2D eigenvalue weighted by Gasteiger charge is -2.30. The molecule has 0 aliphatic rings. The lowest BCUT2D eigenvalue weighted by atomic mass is 9.91. The number of fused-ring (bicyclic) bond motifs is 1. The van der Waals surface area contributed by atoms with Crippen molar-refractivity contribution in [3.63, 3.8) is 0 Å². The number of para-hydroxylation sites is 1. The van der Waals surface area contributed by atoms with E-state index < -0.39 is 29.6 Å². The summed E-state index contributed by atoms with van der Waals surface area (Å²) in [5.74, 6) is -1.27. The van der Waals surface area contributed by atoms with Crippen LogP contribution in [0.15, 0.2) is 30.5 Å². The van der Waals surface area contributed by atoms with Gasteiger partial charge in [-0.15, -0.1) is 0 Å². The molecule has 7 nitrogen and oxygen atoms in total. The molecule has 0 bridgehead atoms. The minimum atomic E-state index is -0.671. The molecule has 1 heterocycles. The normalized spacial score (nSPS) is 13.5. The third-order valence-corrected chi connectivity index (χ3v) is 5.03. The molecule has 0 aliphatic carbocycles. The van der Waals surface area contributed by atoms with Crippen LogP contribution in [-0.2, 0) is 25.5 Å². The Bertz CT molecular complexity index is 896. The van der Waals surface area contributed by atoms with E-state index in [2.05, 4.69) is 4.98 Å². The molecule has 1 amide bonds. The van der Waals surface area contributed by atoms with E-state index in [0.29, 0.717) is 12.8 Å². The average molecular weight is 417 g/mol. The van der Waals surface area contributed by atoms with Crippen LogP contribution in [0, 0.1) is 5.92 Å². The number of hydrogen-bond acceptors (Lipinski definition) is 5. The van der Waals surface area contributed by atoms with Gasteiger partial charge in [-0.2, -0.15) is 0 Å². The van der Waals surface area contributed by atoms with Gasteiger partial charge in [-0.1, -0.05) is 25.1 Å². The maximum absolute atomic E-state index is 13.0. The number of carbonyl (C=O) groups excluding carboxylic acids is 3. The van der Waals surface area contributed by atoms with Crippen LogP contribution in [0.3, 0.4) is 0 Å². The van der Waals surface area contributed by atoms with Gasteiger partial charge in [0.05, 0.1) is 19.1 Å². The van der Waals surface area contributed by atoms with Gasteiger partial charge in [0.2, 0.25) is 0 Å². The largest absolute Gasteiger partial charge is 0.469 e. The summed E-state index contributed by atoms with van der Waals surface area (Å²) < 4.78 is 10.3. The van der Waals surface area contributed by atoms with Gasteiger partial charge in [0.25, 0.3) is 0 Å². The quantitative estimate of drug-likeness (QED) is 0.655. The maximum atomic E-state index is 13.0. The first-order valence-electron chi connectivity index (χ1n) is 10.2. The predicted octanol–water partition coefficient (Wildman–Crippen LogP) is 4.10. The first-order valence-corrected chi connectivity index (χ1v) is 10.2. The number of amides is 1. The Morgan fingerprint density at radius 1 is 1.17 bits per heavy atom. The van der Waals surface area contributed by atoms with E-state index in [-0.39, 0.29) is 12.2 Å². The number of aromatic nitrogens is 1. The average Bonchev–Trinajstić information content (AvgIpc) is 3.09. The third kappa shape index (κ3) is 5.84. The fraction of sp³-hybridized carbons (Fsp3) is 0.522. The number of aromatic amines is 1. The Hall–Kier alpha value is -2.83. The van der Waals surface area contributed by atoms with Crippen molar-refractivity contribution in [3.05, 3.63) is 36.0 Å². The molecule has 0 spiro atoms. The van der Waals surface area contributed by atoms with Crippen molar-refractivity contribution < 1.29 is 23.9 Å². The minimum absolute atomic E-state index is 0.0160. The van der Waals surface area contributed by atoms with E-state index in [1.165, 1.54) is 12.0 Å². The molecule has 0 aliphatic heterocycles. The molecule has 0 fully saturated rings. The summed E-state index contributed by atoms with van der Waals surface area (Å²) in [6.07, 6.45) is 2.08. The predicted molar refractivity (Wildman–Crippen MR) is 115 cm³/mol. The SMILES string of the molecule is CC[C@H](C(=O)C[C@@H](Cc1c[nH]c2ccccc12)C(=O)OC)N(C)C(=O)OC(C)(C)C. The van der Waals surface area contributed by atoms with Crippen molar-refractivity contribution >= 4 is 28.7 Å². The number of nitrogens with zero attached hydrogens (tertiary/aromatic N) is 1. The second-order valence-corrected chi connectivity index (χ2v) is 8.47. The lowest BCUT2D eigenvalue weighted by Crippen LogP contribution is -2.45. The molecule has 0 saturated heterocycles. The van der Waals surface area contributed by atoms with Gasteiger partial charge < -0.3 is 19.4 Å². The van der Waals surface area contributed by atoms with Crippen LogP contribution in [0.2, 0.25) is 0 Å². The summed E-state index contributed by atoms with van der Waals surface area (Å²) in [4.78, 5) is 42.4. The number of nitrogens with one attached hydrogen (secondary N) is 1. The Balaban J connectivity index is 2.17. The van der Waals surface area contributed by atoms with E-state index in [1.54, 1.807) is 27.8 Å². The molecule has 0 unspecified atom stereocenters. The van der Waals surface area contributed by atoms with Crippen LogP contribution in [0.4, 0.5) is 4.79 Å². The zero-order valence-corrected chi connectivity index (χ0v) is 18.7. The van der Waals surface area contributed by atoms with Gasteiger partial charge in [-0.3, -0.25) is 9.59 Å². The van der Waals surface area contributed by atoms with Crippen LogP contribution in [-0.4, -0.2) is 53.5 Å². The Morgan fingerprint density at radius 2 is 1.83 bits per heavy atom. The molecule has 0 saturated carbocycles. The molecule has 2 aromatic rings. The number of benzene rings is 1. The van der Waals surface area contributed by atoms with Gasteiger partial charge in [0.15, 0.2) is 5.78 Å². The highest BCUT2D eigenvalue weighted by Gasteiger charge is 2.32. The summed E-state index contributed by atoms with van der Waals surface area (Å²) >= 11 is 0. The minimum Gasteiger partial charge on any atom is -0.469 e. The number of hydrogen-bond donors (Lipinski definition) is 1. The number of methoxy groups -OCH3 is 1. The van der Waals surface area contributed by atoms with Gasteiger partial charge in [-0.05, 0) is 45.2 Å². The van der Waals surface area contributed by atoms with E-state index in [1.807, 2.05) is 37.4 Å². The molecular weight excluding hydrogens is 384 g/mol. The highest BCUT2D eigenvalue weighted by Crippen LogP contribution is 2.24. The molecule has 164 valence electrons. The second-order valence-electron chi connectivity index (χ2n) is 8.47. The monoisotopic (exact) mass is 416 g/mol. The van der Waals surface area contributed by atoms with Gasteiger partial charge in [0.1, 0.15) is 5.60 Å². The number of Topliss-reactive ketones (excluding diaryl/α,β-unsaturated/α-hetero) is 1. The zero-order chi connectivity index (χ0) is 22.5. The van der Waals surface area contributed by atoms with Crippen molar-refractivity contribution in [2.75, 3.05) is 14.2 Å². The molecule has 1 aromatic heterocycles. The Kier molecular flexibility index (Phi) is 7.65. The van der Waals surface area contributed by atoms with Crippen LogP contribution >= 0.6 is 0 Å². The summed E-state index contributed by atoms with van der Waals surface area (Å²) in [5, 5.41) is 1.01. The molecule has 30 heavy (non-hydrogen) atoms. The number of rotatable bonds is 8. The van der Waals surface area contributed by atoms with Crippen LogP contribution in [0.25, 0.3) is 10.9 Å². The molecule has 2 rings (SSSR count). The molecule has 0 radical (unpaired) electrons. The second kappa shape index (κ2) is 9.78. The Morgan fingerprint density at radius 3 is 2.43 bits per heavy atom. The van der Waals surface area contributed by atoms with Crippen LogP contribution in [0.1, 0.15) is 46.1 Å². The van der Waals surface area contributed by atoms with Crippen molar-refractivity contribution in [2.24, 2.45) is 5.92 Å². The Labute approximate surface area is 177 Å². The topological polar surface area (TPSA) is 88.7 Å². The number of ether oxygens (including phenoxy) is 2. The standard InChI is InChI=1S/C23H32N2O5/c1-7-19(25(5)22(28)30-23(2,3)4)20(26)13-15(21(27)29-6)12-16-14-24-18-11-9-8-10-17(16)18/h8-11,14-15,19,24H,7,12-13H2,1-6H3/t15-,19-/m1/s1. The smallest absolute Gasteiger partial charge is 0.410 e. The van der Waals surface area contributed by atoms with E-state index in [0.717, 1.165) is 16.5 Å². The molecule has 2 atom stereocenters. The third-order valence-electron chi connectivity index (χ3n) is 5.03. The lowest BCUT2D eigenvalue weighted by molar-refractivity contribution is -0.147. The highest BCUT2D eigenvalue weighted by atomic mass is 16.6. The molecule has 1 aromatic carbocycles. The first-order chi connectivity index (χ1) is 14.1. The summed E-state index contributed by atoms with van der Waals surface area (Å²) in [6, 6.07) is 7.13. The maximum Gasteiger partial charge on any atom is 0.410 e. The molecule has 7 heteroatoms. The number of ketones is 1. The fourth-order valence-corrected chi connectivity index (χ4v) is 3.53. The summed E-state index contributed by atoms with van der Waals surface area (Å²) in [7, 11) is 2.87. The summed E-state index contributed by atoms with van der Waals surface area (Å²) in [5.41, 5.74) is 1.26. The number of likely N-dealkylation sites (N-methyl/N-ethyl adjacent to an activating group) is 1. The van der Waals surface area contributed by atoms with E-state index in [9.17, 15) is 14.4 Å². The van der Waals surface area contributed by atoms with E-state index in [4.69, 9.17) is 9.47 Å². The summed E-state index contributed by atoms with van der Waals surface area (Å²) in [6.45, 7) is 7.15. The van der Waals surface area contributed by atoms with Gasteiger partial charge in [-0.25, -0.2) is 4.79 Å². The van der Waals surface area contributed by atoms with Crippen molar-refractivity contribution in [2.45, 2.75) is 58.6 Å². The zero-order valence-electron chi connectivity index (χ0n) is 18.7. The fourth-order valence-electron chi connectivity index (χ4n) is 3.53. The van der Waals surface area contributed by atoms with Crippen molar-refractivity contribution in [1.82, 2.24) is 9.88 Å². The number of H-pyrrole nitrogens is 1. The molecular formula is C23H32N2O5. The highest BCUT2D eigenvalue weighted by molar-refractivity contribution is 5.91. The molecule has 1 N–H and O–H groups in total. The number of esters is 1.